The Balaban J connectivity index is 2.04. The van der Waals surface area contributed by atoms with E-state index in [1.54, 1.807) is 0 Å². The van der Waals surface area contributed by atoms with E-state index in [9.17, 15) is 0 Å². The summed E-state index contributed by atoms with van der Waals surface area (Å²) in [6, 6.07) is 42.1. The van der Waals surface area contributed by atoms with Gasteiger partial charge in [-0.15, -0.1) is 0 Å². The first-order chi connectivity index (χ1) is 14.5. The van der Waals surface area contributed by atoms with Crippen LogP contribution < -0.4 is 15.9 Å². The van der Waals surface area contributed by atoms with Gasteiger partial charge >= 0.3 is 0 Å². The zero-order valence-corrected chi connectivity index (χ0v) is 18.9. The standard InChI is InChI=1S/C29H29P/c1-29(2,3)25-21-19-24(20-22-25)23-30(26-13-7-4-8-14-26,27-15-9-5-10-16-27)28-17-11-6-12-18-28/h4-23H,1-3H3. The summed E-state index contributed by atoms with van der Waals surface area (Å²) >= 11 is 0. The lowest BCUT2D eigenvalue weighted by Gasteiger charge is -2.29. The molecule has 0 heterocycles. The molecule has 4 rings (SSSR count). The van der Waals surface area contributed by atoms with Crippen LogP contribution in [-0.2, 0) is 5.41 Å². The maximum absolute atomic E-state index is 2.53. The molecular formula is C29H29P. The van der Waals surface area contributed by atoms with Gasteiger partial charge in [-0.2, -0.15) is 0 Å². The lowest BCUT2D eigenvalue weighted by molar-refractivity contribution is 0.590. The predicted molar refractivity (Wildman–Crippen MR) is 135 cm³/mol. The molecule has 0 aromatic heterocycles. The van der Waals surface area contributed by atoms with E-state index in [-0.39, 0.29) is 5.41 Å². The molecule has 1 heteroatoms. The third kappa shape index (κ3) is 4.07. The summed E-state index contributed by atoms with van der Waals surface area (Å²) < 4.78 is 0. The highest BCUT2D eigenvalue weighted by atomic mass is 31.2. The average molecular weight is 409 g/mol. The Bertz CT molecular complexity index is 1030. The van der Waals surface area contributed by atoms with Gasteiger partial charge in [-0.3, -0.25) is 0 Å². The van der Waals surface area contributed by atoms with Gasteiger partial charge < -0.3 is 0 Å². The Morgan fingerprint density at radius 2 is 0.867 bits per heavy atom. The number of benzene rings is 4. The highest BCUT2D eigenvalue weighted by Crippen LogP contribution is 2.44. The van der Waals surface area contributed by atoms with Gasteiger partial charge in [0, 0.05) is 0 Å². The predicted octanol–water partition coefficient (Wildman–Crippen LogP) is 6.13. The Kier molecular flexibility index (Phi) is 5.80. The zero-order chi connectivity index (χ0) is 21.0. The largest absolute Gasteiger partial charge is 0.0622 e. The lowest BCUT2D eigenvalue weighted by atomic mass is 9.87. The van der Waals surface area contributed by atoms with Crippen molar-refractivity contribution in [1.82, 2.24) is 0 Å². The van der Waals surface area contributed by atoms with Crippen molar-refractivity contribution in [3.8, 4) is 0 Å². The second-order valence-electron chi connectivity index (χ2n) is 8.73. The molecule has 4 aromatic carbocycles. The highest BCUT2D eigenvalue weighted by molar-refractivity contribution is 7.94. The van der Waals surface area contributed by atoms with Crippen molar-refractivity contribution >= 4 is 28.6 Å². The van der Waals surface area contributed by atoms with Crippen LogP contribution in [0.2, 0.25) is 0 Å². The first kappa shape index (κ1) is 20.5. The molecule has 0 amide bonds. The molecule has 150 valence electrons. The Hall–Kier alpha value is -2.82. The molecular weight excluding hydrogens is 379 g/mol. The second-order valence-corrected chi connectivity index (χ2v) is 12.0. The van der Waals surface area contributed by atoms with E-state index in [0.717, 1.165) is 0 Å². The number of hydrogen-bond donors (Lipinski definition) is 0. The molecule has 0 bridgehead atoms. The van der Waals surface area contributed by atoms with Crippen LogP contribution in [0.25, 0.3) is 0 Å². The molecule has 0 fully saturated rings. The van der Waals surface area contributed by atoms with E-state index in [2.05, 4.69) is 142 Å². The zero-order valence-electron chi connectivity index (χ0n) is 18.0. The third-order valence-corrected chi connectivity index (χ3v) is 9.63. The minimum atomic E-state index is -1.96. The van der Waals surface area contributed by atoms with Crippen LogP contribution in [0.5, 0.6) is 0 Å². The average Bonchev–Trinajstić information content (AvgIpc) is 2.79. The highest BCUT2D eigenvalue weighted by Gasteiger charge is 2.25. The number of hydrogen-bond acceptors (Lipinski definition) is 0. The van der Waals surface area contributed by atoms with Crippen LogP contribution in [0.1, 0.15) is 31.9 Å². The van der Waals surface area contributed by atoms with Crippen LogP contribution >= 0.6 is 6.89 Å². The smallest absolute Gasteiger partial charge is 0.0132 e. The van der Waals surface area contributed by atoms with Gasteiger partial charge in [-0.05, 0) is 45.1 Å². The third-order valence-electron chi connectivity index (χ3n) is 5.61. The minimum absolute atomic E-state index is 0.156. The quantitative estimate of drug-likeness (QED) is 0.357. The first-order valence-corrected chi connectivity index (χ1v) is 12.4. The summed E-state index contributed by atoms with van der Waals surface area (Å²) in [5.41, 5.74) is 2.79. The topological polar surface area (TPSA) is 0 Å². The molecule has 0 atom stereocenters. The molecule has 0 spiro atoms. The van der Waals surface area contributed by atoms with Gasteiger partial charge in [0.15, 0.2) is 0 Å². The summed E-state index contributed by atoms with van der Waals surface area (Å²) in [6.07, 6.45) is 0. The summed E-state index contributed by atoms with van der Waals surface area (Å²) in [4.78, 5) is 0. The van der Waals surface area contributed by atoms with Crippen molar-refractivity contribution in [2.24, 2.45) is 0 Å². The van der Waals surface area contributed by atoms with Crippen molar-refractivity contribution in [2.75, 3.05) is 0 Å². The van der Waals surface area contributed by atoms with Crippen molar-refractivity contribution in [3.63, 3.8) is 0 Å². The van der Waals surface area contributed by atoms with E-state index in [1.165, 1.54) is 27.0 Å². The van der Waals surface area contributed by atoms with Gasteiger partial charge in [0.1, 0.15) is 0 Å². The summed E-state index contributed by atoms with van der Waals surface area (Å²) in [5, 5.41) is 4.13. The monoisotopic (exact) mass is 408 g/mol. The molecule has 0 nitrogen and oxygen atoms in total. The molecule has 0 aliphatic rings. The summed E-state index contributed by atoms with van der Waals surface area (Å²) in [7, 11) is 0. The normalized spacial score (nSPS) is 11.8. The van der Waals surface area contributed by atoms with Gasteiger partial charge in [-0.1, -0.05) is 136 Å². The van der Waals surface area contributed by atoms with Crippen LogP contribution in [0.4, 0.5) is 0 Å². The fourth-order valence-electron chi connectivity index (χ4n) is 3.95. The SMILES string of the molecule is CC(C)(C)c1ccc(C=P(c2ccccc2)(c2ccccc2)c2ccccc2)cc1. The number of rotatable bonds is 4. The molecule has 0 aliphatic carbocycles. The van der Waals surface area contributed by atoms with E-state index in [1.807, 2.05) is 0 Å². The van der Waals surface area contributed by atoms with Crippen molar-refractivity contribution in [1.29, 1.82) is 0 Å². The molecule has 0 unspecified atom stereocenters. The Morgan fingerprint density at radius 3 is 1.20 bits per heavy atom. The van der Waals surface area contributed by atoms with E-state index in [0.29, 0.717) is 0 Å². The van der Waals surface area contributed by atoms with Crippen LogP contribution in [0.3, 0.4) is 0 Å². The molecule has 0 saturated carbocycles. The van der Waals surface area contributed by atoms with Crippen molar-refractivity contribution in [3.05, 3.63) is 126 Å². The van der Waals surface area contributed by atoms with Crippen molar-refractivity contribution < 1.29 is 0 Å². The van der Waals surface area contributed by atoms with Gasteiger partial charge in [0.25, 0.3) is 0 Å². The lowest BCUT2D eigenvalue weighted by Crippen LogP contribution is -2.27. The van der Waals surface area contributed by atoms with E-state index in [4.69, 9.17) is 0 Å². The van der Waals surface area contributed by atoms with Crippen LogP contribution in [-0.4, -0.2) is 5.80 Å². The van der Waals surface area contributed by atoms with Crippen LogP contribution in [0.15, 0.2) is 115 Å². The second kappa shape index (κ2) is 8.50. The van der Waals surface area contributed by atoms with Gasteiger partial charge in [0.05, 0.1) is 0 Å². The van der Waals surface area contributed by atoms with Crippen molar-refractivity contribution in [2.45, 2.75) is 26.2 Å². The Labute approximate surface area is 181 Å². The minimum Gasteiger partial charge on any atom is -0.0622 e. The maximum Gasteiger partial charge on any atom is -0.0132 e. The molecule has 0 N–H and O–H groups in total. The first-order valence-electron chi connectivity index (χ1n) is 10.5. The molecule has 4 aromatic rings. The summed E-state index contributed by atoms with van der Waals surface area (Å²) in [6.45, 7) is 4.84. The maximum atomic E-state index is 2.53. The van der Waals surface area contributed by atoms with Gasteiger partial charge in [-0.25, -0.2) is 0 Å². The van der Waals surface area contributed by atoms with Gasteiger partial charge in [0.2, 0.25) is 0 Å². The molecule has 30 heavy (non-hydrogen) atoms. The molecule has 0 aliphatic heterocycles. The molecule has 0 saturated heterocycles. The molecule has 0 radical (unpaired) electrons. The fraction of sp³-hybridized carbons (Fsp3) is 0.138. The Morgan fingerprint density at radius 1 is 0.500 bits per heavy atom. The summed E-state index contributed by atoms with van der Waals surface area (Å²) in [5.74, 6) is 2.53. The van der Waals surface area contributed by atoms with Crippen LogP contribution in [0, 0.1) is 0 Å². The van der Waals surface area contributed by atoms with E-state index < -0.39 is 6.89 Å². The van der Waals surface area contributed by atoms with E-state index >= 15 is 0 Å². The fourth-order valence-corrected chi connectivity index (χ4v) is 7.84.